The largest absolute Gasteiger partial charge is 0.454 e. The number of aryl methyl sites for hydroxylation is 2. The topological polar surface area (TPSA) is 91.2 Å². The summed E-state index contributed by atoms with van der Waals surface area (Å²) in [4.78, 5) is 12.6. The number of tetrazole rings is 1. The Kier molecular flexibility index (Phi) is 4.91. The van der Waals surface area contributed by atoms with E-state index in [2.05, 4.69) is 26.9 Å². The normalized spacial score (nSPS) is 13.4. The van der Waals surface area contributed by atoms with Gasteiger partial charge in [-0.25, -0.2) is 0 Å². The summed E-state index contributed by atoms with van der Waals surface area (Å²) in [6.07, 6.45) is 0. The van der Waals surface area contributed by atoms with Gasteiger partial charge in [-0.15, -0.1) is 5.10 Å². The second-order valence-corrected chi connectivity index (χ2v) is 7.79. The highest BCUT2D eigenvalue weighted by Crippen LogP contribution is 2.34. The van der Waals surface area contributed by atoms with Gasteiger partial charge in [0.15, 0.2) is 11.5 Å². The summed E-state index contributed by atoms with van der Waals surface area (Å²) in [6, 6.07) is 11.4. The first kappa shape index (κ1) is 18.3. The number of rotatable bonds is 5. The SMILES string of the molecule is Cc1ccc(-n2nnnc2SC(C)C(=O)Nc2ccc3c(c2)OCO3)c(C)c1. The van der Waals surface area contributed by atoms with Gasteiger partial charge in [-0.1, -0.05) is 29.5 Å². The van der Waals surface area contributed by atoms with Gasteiger partial charge in [0.1, 0.15) is 0 Å². The molecule has 2 aromatic carbocycles. The first-order valence-electron chi connectivity index (χ1n) is 8.74. The lowest BCUT2D eigenvalue weighted by Gasteiger charge is -2.13. The fourth-order valence-electron chi connectivity index (χ4n) is 2.88. The summed E-state index contributed by atoms with van der Waals surface area (Å²) >= 11 is 1.30. The Morgan fingerprint density at radius 2 is 2.00 bits per heavy atom. The van der Waals surface area contributed by atoms with Crippen LogP contribution in [0.1, 0.15) is 18.1 Å². The van der Waals surface area contributed by atoms with Crippen molar-refractivity contribution in [2.75, 3.05) is 12.1 Å². The van der Waals surface area contributed by atoms with Crippen LogP contribution in [0.2, 0.25) is 0 Å². The Morgan fingerprint density at radius 3 is 2.82 bits per heavy atom. The molecule has 1 aromatic heterocycles. The van der Waals surface area contributed by atoms with Crippen molar-refractivity contribution in [1.82, 2.24) is 20.2 Å². The van der Waals surface area contributed by atoms with E-state index in [4.69, 9.17) is 9.47 Å². The quantitative estimate of drug-likeness (QED) is 0.661. The standard InChI is InChI=1S/C19H19N5O3S/c1-11-4-6-15(12(2)8-11)24-19(21-22-23-24)28-13(3)18(25)20-14-5-7-16-17(9-14)27-10-26-16/h4-9,13H,10H2,1-3H3,(H,20,25). The first-order valence-corrected chi connectivity index (χ1v) is 9.62. The number of thioether (sulfide) groups is 1. The number of aromatic nitrogens is 4. The highest BCUT2D eigenvalue weighted by molar-refractivity contribution is 8.00. The maximum absolute atomic E-state index is 12.6. The molecule has 3 aromatic rings. The third-order valence-electron chi connectivity index (χ3n) is 4.31. The molecule has 8 nitrogen and oxygen atoms in total. The van der Waals surface area contributed by atoms with Crippen molar-refractivity contribution in [3.8, 4) is 17.2 Å². The molecule has 1 N–H and O–H groups in total. The minimum Gasteiger partial charge on any atom is -0.454 e. The molecule has 28 heavy (non-hydrogen) atoms. The van der Waals surface area contributed by atoms with E-state index in [9.17, 15) is 4.79 Å². The molecule has 1 amide bonds. The van der Waals surface area contributed by atoms with E-state index in [1.807, 2.05) is 32.9 Å². The monoisotopic (exact) mass is 397 g/mol. The highest BCUT2D eigenvalue weighted by Gasteiger charge is 2.21. The number of nitrogens with one attached hydrogen (secondary N) is 1. The zero-order valence-corrected chi connectivity index (χ0v) is 16.5. The molecule has 1 aliphatic heterocycles. The lowest BCUT2D eigenvalue weighted by atomic mass is 10.1. The van der Waals surface area contributed by atoms with Gasteiger partial charge in [-0.05, 0) is 55.0 Å². The molecule has 0 saturated carbocycles. The van der Waals surface area contributed by atoms with Gasteiger partial charge in [0.25, 0.3) is 0 Å². The average molecular weight is 397 g/mol. The van der Waals surface area contributed by atoms with E-state index in [1.54, 1.807) is 22.9 Å². The fraction of sp³-hybridized carbons (Fsp3) is 0.263. The van der Waals surface area contributed by atoms with Crippen LogP contribution >= 0.6 is 11.8 Å². The maximum Gasteiger partial charge on any atom is 0.237 e. The molecule has 144 valence electrons. The van der Waals surface area contributed by atoms with Crippen molar-refractivity contribution >= 4 is 23.4 Å². The number of carbonyl (C=O) groups is 1. The number of benzene rings is 2. The van der Waals surface area contributed by atoms with Gasteiger partial charge in [0.2, 0.25) is 17.9 Å². The molecule has 1 unspecified atom stereocenters. The summed E-state index contributed by atoms with van der Waals surface area (Å²) < 4.78 is 12.3. The van der Waals surface area contributed by atoms with E-state index in [0.29, 0.717) is 22.3 Å². The van der Waals surface area contributed by atoms with Crippen LogP contribution in [0, 0.1) is 13.8 Å². The molecule has 4 rings (SSSR count). The van der Waals surface area contributed by atoms with Crippen LogP contribution in [0.25, 0.3) is 5.69 Å². The van der Waals surface area contributed by atoms with E-state index >= 15 is 0 Å². The summed E-state index contributed by atoms with van der Waals surface area (Å²) in [5.41, 5.74) is 3.77. The Balaban J connectivity index is 1.47. The molecular weight excluding hydrogens is 378 g/mol. The molecule has 0 bridgehead atoms. The van der Waals surface area contributed by atoms with Crippen LogP contribution in [0.5, 0.6) is 11.5 Å². The molecule has 0 radical (unpaired) electrons. The van der Waals surface area contributed by atoms with E-state index in [1.165, 1.54) is 17.3 Å². The van der Waals surface area contributed by atoms with E-state index in [-0.39, 0.29) is 12.7 Å². The molecular formula is C19H19N5O3S. The number of ether oxygens (including phenoxy) is 2. The van der Waals surface area contributed by atoms with Gasteiger partial charge < -0.3 is 14.8 Å². The number of carbonyl (C=O) groups excluding carboxylic acids is 1. The summed E-state index contributed by atoms with van der Waals surface area (Å²) in [5.74, 6) is 1.14. The van der Waals surface area contributed by atoms with Crippen molar-refractivity contribution in [3.05, 3.63) is 47.5 Å². The number of hydrogen-bond acceptors (Lipinski definition) is 7. The Labute approximate surface area is 166 Å². The predicted molar refractivity (Wildman–Crippen MR) is 105 cm³/mol. The molecule has 1 atom stereocenters. The van der Waals surface area contributed by atoms with Crippen molar-refractivity contribution < 1.29 is 14.3 Å². The minimum absolute atomic E-state index is 0.154. The second kappa shape index (κ2) is 7.51. The predicted octanol–water partition coefficient (Wildman–Crippen LogP) is 3.13. The Morgan fingerprint density at radius 1 is 1.18 bits per heavy atom. The number of fused-ring (bicyclic) bond motifs is 1. The van der Waals surface area contributed by atoms with Crippen LogP contribution in [-0.2, 0) is 4.79 Å². The number of hydrogen-bond donors (Lipinski definition) is 1. The van der Waals surface area contributed by atoms with Gasteiger partial charge in [0, 0.05) is 11.8 Å². The van der Waals surface area contributed by atoms with Crippen LogP contribution in [0.4, 0.5) is 5.69 Å². The highest BCUT2D eigenvalue weighted by atomic mass is 32.2. The molecule has 0 saturated heterocycles. The van der Waals surface area contributed by atoms with Crippen LogP contribution in [0.15, 0.2) is 41.6 Å². The van der Waals surface area contributed by atoms with Crippen LogP contribution in [0.3, 0.4) is 0 Å². The van der Waals surface area contributed by atoms with Gasteiger partial charge in [0.05, 0.1) is 10.9 Å². The number of anilines is 1. The van der Waals surface area contributed by atoms with Crippen molar-refractivity contribution in [2.24, 2.45) is 0 Å². The molecule has 1 aliphatic rings. The smallest absolute Gasteiger partial charge is 0.237 e. The lowest BCUT2D eigenvalue weighted by Crippen LogP contribution is -2.23. The number of nitrogens with zero attached hydrogens (tertiary/aromatic N) is 4. The summed E-state index contributed by atoms with van der Waals surface area (Å²) in [6.45, 7) is 6.05. The third kappa shape index (κ3) is 3.65. The molecule has 2 heterocycles. The van der Waals surface area contributed by atoms with Gasteiger partial charge >= 0.3 is 0 Å². The Hall–Kier alpha value is -3.07. The van der Waals surface area contributed by atoms with E-state index < -0.39 is 5.25 Å². The summed E-state index contributed by atoms with van der Waals surface area (Å²) in [5, 5.41) is 15.0. The first-order chi connectivity index (χ1) is 13.5. The molecule has 0 fully saturated rings. The van der Waals surface area contributed by atoms with E-state index in [0.717, 1.165) is 11.3 Å². The maximum atomic E-state index is 12.6. The Bertz CT molecular complexity index is 1040. The van der Waals surface area contributed by atoms with Crippen molar-refractivity contribution in [1.29, 1.82) is 0 Å². The van der Waals surface area contributed by atoms with Crippen LogP contribution in [-0.4, -0.2) is 38.2 Å². The van der Waals surface area contributed by atoms with Gasteiger partial charge in [-0.2, -0.15) is 4.68 Å². The fourth-order valence-corrected chi connectivity index (χ4v) is 3.68. The second-order valence-electron chi connectivity index (χ2n) is 6.48. The van der Waals surface area contributed by atoms with Crippen molar-refractivity contribution in [2.45, 2.75) is 31.2 Å². The molecule has 9 heteroatoms. The van der Waals surface area contributed by atoms with Crippen LogP contribution < -0.4 is 14.8 Å². The lowest BCUT2D eigenvalue weighted by molar-refractivity contribution is -0.115. The third-order valence-corrected chi connectivity index (χ3v) is 5.35. The minimum atomic E-state index is -0.402. The zero-order valence-electron chi connectivity index (χ0n) is 15.7. The molecule has 0 spiro atoms. The van der Waals surface area contributed by atoms with Crippen molar-refractivity contribution in [3.63, 3.8) is 0 Å². The molecule has 0 aliphatic carbocycles. The zero-order chi connectivity index (χ0) is 19.7. The average Bonchev–Trinajstić information content (AvgIpc) is 3.30. The summed E-state index contributed by atoms with van der Waals surface area (Å²) in [7, 11) is 0. The number of amides is 1. The van der Waals surface area contributed by atoms with Gasteiger partial charge in [-0.3, -0.25) is 4.79 Å².